The Labute approximate surface area is 102 Å². The lowest BCUT2D eigenvalue weighted by molar-refractivity contribution is 0.0268. The molecule has 0 bridgehead atoms. The average Bonchev–Trinajstić information content (AvgIpc) is 2.29. The minimum atomic E-state index is -0.380. The number of anilines is 1. The van der Waals surface area contributed by atoms with Crippen LogP contribution in [0.1, 0.15) is 29.3 Å². The molecule has 0 amide bonds. The Bertz CT molecular complexity index is 390. The highest BCUT2D eigenvalue weighted by atomic mass is 16.5. The maximum atomic E-state index is 11.8. The van der Waals surface area contributed by atoms with Gasteiger partial charge in [-0.1, -0.05) is 12.1 Å². The zero-order chi connectivity index (χ0) is 12.8. The van der Waals surface area contributed by atoms with E-state index in [0.29, 0.717) is 24.3 Å². The maximum Gasteiger partial charge on any atom is 0.340 e. The molecule has 0 aliphatic heterocycles. The molecule has 0 aliphatic carbocycles. The smallest absolute Gasteiger partial charge is 0.340 e. The largest absolute Gasteiger partial charge is 0.459 e. The molecule has 1 rings (SSSR count). The Hall–Kier alpha value is -1.55. The van der Waals surface area contributed by atoms with Crippen LogP contribution in [-0.2, 0) is 9.47 Å². The summed E-state index contributed by atoms with van der Waals surface area (Å²) in [6.45, 7) is 4.26. The number of nitrogen functional groups attached to an aromatic ring is 1. The second-order valence-corrected chi connectivity index (χ2v) is 4.03. The Kier molecular flexibility index (Phi) is 4.97. The molecular formula is C13H19NO3. The number of aryl methyl sites for hydroxylation is 1. The lowest BCUT2D eigenvalue weighted by Crippen LogP contribution is -2.18. The third kappa shape index (κ3) is 3.75. The Morgan fingerprint density at radius 3 is 2.82 bits per heavy atom. The molecule has 1 aromatic rings. The van der Waals surface area contributed by atoms with Gasteiger partial charge in [-0.25, -0.2) is 4.79 Å². The lowest BCUT2D eigenvalue weighted by Gasteiger charge is -2.14. The van der Waals surface area contributed by atoms with E-state index in [1.165, 1.54) is 0 Å². The van der Waals surface area contributed by atoms with Crippen molar-refractivity contribution in [2.45, 2.75) is 26.4 Å². The zero-order valence-corrected chi connectivity index (χ0v) is 10.5. The molecule has 0 radical (unpaired) electrons. The molecule has 0 saturated carbocycles. The zero-order valence-electron chi connectivity index (χ0n) is 10.5. The second-order valence-electron chi connectivity index (χ2n) is 4.03. The number of esters is 1. The topological polar surface area (TPSA) is 61.5 Å². The fraction of sp³-hybridized carbons (Fsp3) is 0.462. The van der Waals surface area contributed by atoms with E-state index in [1.54, 1.807) is 19.2 Å². The molecule has 0 spiro atoms. The summed E-state index contributed by atoms with van der Waals surface area (Å²) >= 11 is 0. The Balaban J connectivity index is 2.67. The summed E-state index contributed by atoms with van der Waals surface area (Å²) in [4.78, 5) is 11.8. The summed E-state index contributed by atoms with van der Waals surface area (Å²) < 4.78 is 10.2. The highest BCUT2D eigenvalue weighted by Crippen LogP contribution is 2.18. The van der Waals surface area contributed by atoms with Crippen molar-refractivity contribution in [3.63, 3.8) is 0 Å². The van der Waals surface area contributed by atoms with Crippen LogP contribution in [0.25, 0.3) is 0 Å². The van der Waals surface area contributed by atoms with Crippen molar-refractivity contribution in [1.82, 2.24) is 0 Å². The summed E-state index contributed by atoms with van der Waals surface area (Å²) in [5.41, 5.74) is 7.62. The summed E-state index contributed by atoms with van der Waals surface area (Å²) in [6, 6.07) is 5.33. The number of benzene rings is 1. The molecule has 2 N–H and O–H groups in total. The molecule has 0 heterocycles. The van der Waals surface area contributed by atoms with E-state index in [0.717, 1.165) is 5.56 Å². The van der Waals surface area contributed by atoms with Crippen LogP contribution in [-0.4, -0.2) is 25.8 Å². The van der Waals surface area contributed by atoms with Crippen molar-refractivity contribution in [1.29, 1.82) is 0 Å². The molecule has 0 fully saturated rings. The van der Waals surface area contributed by atoms with Crippen molar-refractivity contribution in [3.05, 3.63) is 29.3 Å². The molecular weight excluding hydrogens is 218 g/mol. The molecule has 1 atom stereocenters. The third-order valence-corrected chi connectivity index (χ3v) is 2.58. The van der Waals surface area contributed by atoms with Gasteiger partial charge in [0.1, 0.15) is 6.10 Å². The van der Waals surface area contributed by atoms with Crippen molar-refractivity contribution in [2.24, 2.45) is 0 Å². The van der Waals surface area contributed by atoms with Crippen LogP contribution in [0.2, 0.25) is 0 Å². The predicted octanol–water partition coefficient (Wildman–Crippen LogP) is 2.16. The van der Waals surface area contributed by atoms with Crippen LogP contribution < -0.4 is 5.73 Å². The first-order valence-electron chi connectivity index (χ1n) is 5.61. The molecule has 94 valence electrons. The highest BCUT2D eigenvalue weighted by Gasteiger charge is 2.15. The fourth-order valence-electron chi connectivity index (χ4n) is 1.45. The van der Waals surface area contributed by atoms with Gasteiger partial charge < -0.3 is 15.2 Å². The van der Waals surface area contributed by atoms with E-state index in [1.807, 2.05) is 19.9 Å². The van der Waals surface area contributed by atoms with E-state index >= 15 is 0 Å². The SMILES string of the molecule is COCCC(C)OC(=O)c1cccc(C)c1N. The molecule has 0 aliphatic rings. The van der Waals surface area contributed by atoms with Gasteiger partial charge in [-0.05, 0) is 25.5 Å². The van der Waals surface area contributed by atoms with E-state index in [9.17, 15) is 4.79 Å². The van der Waals surface area contributed by atoms with Crippen LogP contribution in [0, 0.1) is 6.92 Å². The van der Waals surface area contributed by atoms with Crippen LogP contribution in [0.15, 0.2) is 18.2 Å². The van der Waals surface area contributed by atoms with Gasteiger partial charge in [-0.15, -0.1) is 0 Å². The maximum absolute atomic E-state index is 11.8. The first kappa shape index (κ1) is 13.5. The summed E-state index contributed by atoms with van der Waals surface area (Å²) in [6.07, 6.45) is 0.496. The van der Waals surface area contributed by atoms with Crippen LogP contribution >= 0.6 is 0 Å². The highest BCUT2D eigenvalue weighted by molar-refractivity contribution is 5.95. The number of hydrogen-bond donors (Lipinski definition) is 1. The first-order chi connectivity index (χ1) is 8.06. The quantitative estimate of drug-likeness (QED) is 0.629. The number of carbonyl (C=O) groups is 1. The minimum absolute atomic E-state index is 0.178. The number of para-hydroxylation sites is 1. The summed E-state index contributed by atoms with van der Waals surface area (Å²) in [5.74, 6) is -0.380. The standard InChI is InChI=1S/C13H19NO3/c1-9-5-4-6-11(12(9)14)13(15)17-10(2)7-8-16-3/h4-6,10H,7-8,14H2,1-3H3. The summed E-state index contributed by atoms with van der Waals surface area (Å²) in [5, 5.41) is 0. The van der Waals surface area contributed by atoms with Crippen molar-refractivity contribution < 1.29 is 14.3 Å². The number of carbonyl (C=O) groups excluding carboxylic acids is 1. The van der Waals surface area contributed by atoms with Crippen molar-refractivity contribution in [2.75, 3.05) is 19.5 Å². The predicted molar refractivity (Wildman–Crippen MR) is 67.0 cm³/mol. The van der Waals surface area contributed by atoms with Crippen molar-refractivity contribution in [3.8, 4) is 0 Å². The number of rotatable bonds is 5. The van der Waals surface area contributed by atoms with E-state index in [4.69, 9.17) is 15.2 Å². The normalized spacial score (nSPS) is 12.2. The van der Waals surface area contributed by atoms with Gasteiger partial charge in [0.15, 0.2) is 0 Å². The molecule has 0 aromatic heterocycles. The van der Waals surface area contributed by atoms with Gasteiger partial charge >= 0.3 is 5.97 Å². The van der Waals surface area contributed by atoms with Crippen LogP contribution in [0.4, 0.5) is 5.69 Å². The van der Waals surface area contributed by atoms with Gasteiger partial charge in [0, 0.05) is 25.8 Å². The van der Waals surface area contributed by atoms with Gasteiger partial charge in [0.05, 0.1) is 5.56 Å². The van der Waals surface area contributed by atoms with E-state index in [-0.39, 0.29) is 12.1 Å². The molecule has 1 aromatic carbocycles. The van der Waals surface area contributed by atoms with Crippen LogP contribution in [0.3, 0.4) is 0 Å². The van der Waals surface area contributed by atoms with Crippen molar-refractivity contribution >= 4 is 11.7 Å². The van der Waals surface area contributed by atoms with Gasteiger partial charge in [-0.3, -0.25) is 0 Å². The number of nitrogens with two attached hydrogens (primary N) is 1. The number of hydrogen-bond acceptors (Lipinski definition) is 4. The first-order valence-corrected chi connectivity index (χ1v) is 5.61. The Morgan fingerprint density at radius 1 is 1.47 bits per heavy atom. The van der Waals surface area contributed by atoms with Crippen LogP contribution in [0.5, 0.6) is 0 Å². The second kappa shape index (κ2) is 6.25. The number of methoxy groups -OCH3 is 1. The summed E-state index contributed by atoms with van der Waals surface area (Å²) in [7, 11) is 1.62. The molecule has 4 heteroatoms. The van der Waals surface area contributed by atoms with E-state index < -0.39 is 0 Å². The lowest BCUT2D eigenvalue weighted by atomic mass is 10.1. The number of ether oxygens (including phenoxy) is 2. The van der Waals surface area contributed by atoms with E-state index in [2.05, 4.69) is 0 Å². The van der Waals surface area contributed by atoms with Gasteiger partial charge in [0.2, 0.25) is 0 Å². The third-order valence-electron chi connectivity index (χ3n) is 2.58. The molecule has 1 unspecified atom stereocenters. The van der Waals surface area contributed by atoms with Gasteiger partial charge in [0.25, 0.3) is 0 Å². The molecule has 17 heavy (non-hydrogen) atoms. The molecule has 0 saturated heterocycles. The Morgan fingerprint density at radius 2 is 2.18 bits per heavy atom. The monoisotopic (exact) mass is 237 g/mol. The fourth-order valence-corrected chi connectivity index (χ4v) is 1.45. The molecule has 4 nitrogen and oxygen atoms in total. The average molecular weight is 237 g/mol. The van der Waals surface area contributed by atoms with Gasteiger partial charge in [-0.2, -0.15) is 0 Å². The minimum Gasteiger partial charge on any atom is -0.459 e.